The fourth-order valence-electron chi connectivity index (χ4n) is 2.48. The van der Waals surface area contributed by atoms with Crippen LogP contribution in [0.5, 0.6) is 5.75 Å². The molecule has 1 aromatic carbocycles. The highest BCUT2D eigenvalue weighted by Crippen LogP contribution is 2.34. The Kier molecular flexibility index (Phi) is 2.81. The number of hydrogen-bond acceptors (Lipinski definition) is 5. The lowest BCUT2D eigenvalue weighted by Gasteiger charge is -2.20. The lowest BCUT2D eigenvalue weighted by atomic mass is 9.97. The van der Waals surface area contributed by atoms with Crippen LogP contribution in [0.2, 0.25) is 0 Å². The Bertz CT molecular complexity index is 892. The van der Waals surface area contributed by atoms with Crippen molar-refractivity contribution in [3.8, 4) is 23.0 Å². The highest BCUT2D eigenvalue weighted by atomic mass is 19.1. The summed E-state index contributed by atoms with van der Waals surface area (Å²) in [6.45, 7) is 6.27. The number of fused-ring (bicyclic) bond motifs is 3. The summed E-state index contributed by atoms with van der Waals surface area (Å²) in [6, 6.07) is 4.42. The molecule has 7 heteroatoms. The second kappa shape index (κ2) is 4.65. The Morgan fingerprint density at radius 3 is 2.83 bits per heavy atom. The average Bonchev–Trinajstić information content (AvgIpc) is 3.12. The van der Waals surface area contributed by atoms with Gasteiger partial charge in [0.05, 0.1) is 11.4 Å². The lowest BCUT2D eigenvalue weighted by Crippen LogP contribution is -2.13. The third-order valence-corrected chi connectivity index (χ3v) is 3.69. The van der Waals surface area contributed by atoms with Crippen molar-refractivity contribution in [2.24, 2.45) is 0 Å². The molecular formula is C16H15FN4O2. The Morgan fingerprint density at radius 1 is 1.26 bits per heavy atom. The molecule has 0 N–H and O–H groups in total. The van der Waals surface area contributed by atoms with E-state index in [0.717, 1.165) is 11.4 Å². The summed E-state index contributed by atoms with van der Waals surface area (Å²) in [5.74, 6) is 1.14. The van der Waals surface area contributed by atoms with E-state index in [1.54, 1.807) is 12.4 Å². The van der Waals surface area contributed by atoms with Gasteiger partial charge >= 0.3 is 0 Å². The fraction of sp³-hybridized carbons (Fsp3) is 0.312. The molecule has 1 aliphatic rings. The molecule has 23 heavy (non-hydrogen) atoms. The van der Waals surface area contributed by atoms with Crippen molar-refractivity contribution in [3.63, 3.8) is 0 Å². The van der Waals surface area contributed by atoms with Crippen LogP contribution in [-0.2, 0) is 12.0 Å². The third-order valence-electron chi connectivity index (χ3n) is 3.69. The van der Waals surface area contributed by atoms with Crippen LogP contribution in [0.3, 0.4) is 0 Å². The molecule has 0 spiro atoms. The number of halogens is 1. The highest BCUT2D eigenvalue weighted by Gasteiger charge is 2.27. The predicted octanol–water partition coefficient (Wildman–Crippen LogP) is 3.25. The Balaban J connectivity index is 1.80. The van der Waals surface area contributed by atoms with Crippen molar-refractivity contribution in [2.45, 2.75) is 32.8 Å². The number of nitrogens with zero attached hydrogens (tertiary/aromatic N) is 4. The smallest absolute Gasteiger partial charge is 0.232 e. The van der Waals surface area contributed by atoms with Gasteiger partial charge in [-0.1, -0.05) is 25.9 Å². The van der Waals surface area contributed by atoms with Crippen molar-refractivity contribution in [1.82, 2.24) is 19.7 Å². The van der Waals surface area contributed by atoms with Crippen molar-refractivity contribution < 1.29 is 13.7 Å². The zero-order valence-corrected chi connectivity index (χ0v) is 13.0. The molecule has 3 aromatic rings. The summed E-state index contributed by atoms with van der Waals surface area (Å²) in [6.07, 6.45) is 1.66. The van der Waals surface area contributed by atoms with Crippen molar-refractivity contribution in [2.75, 3.05) is 0 Å². The molecule has 0 saturated heterocycles. The van der Waals surface area contributed by atoms with Gasteiger partial charge in [-0.15, -0.1) is 0 Å². The normalized spacial score (nSPS) is 13.4. The quantitative estimate of drug-likeness (QED) is 0.690. The molecule has 0 bridgehead atoms. The van der Waals surface area contributed by atoms with Crippen molar-refractivity contribution >= 4 is 0 Å². The maximum absolute atomic E-state index is 13.3. The molecule has 3 heterocycles. The number of benzene rings is 1. The zero-order valence-electron chi connectivity index (χ0n) is 13.0. The molecule has 0 radical (unpaired) electrons. The molecule has 2 aromatic heterocycles. The number of rotatable bonds is 1. The standard InChI is InChI=1S/C16H15FN4O2/c1-16(2,3)15-19-14(20-23-15)13-11-7-22-12-6-9(17)4-5-10(12)21(11)8-18-13/h4-6,8H,7H2,1-3H3. The van der Waals surface area contributed by atoms with E-state index in [4.69, 9.17) is 9.26 Å². The Labute approximate surface area is 131 Å². The molecule has 0 amide bonds. The van der Waals surface area contributed by atoms with Crippen LogP contribution < -0.4 is 4.74 Å². The number of aromatic nitrogens is 4. The molecule has 0 aliphatic carbocycles. The second-order valence-electron chi connectivity index (χ2n) is 6.48. The van der Waals surface area contributed by atoms with Crippen LogP contribution >= 0.6 is 0 Å². The van der Waals surface area contributed by atoms with Crippen LogP contribution in [0.1, 0.15) is 32.4 Å². The van der Waals surface area contributed by atoms with E-state index in [9.17, 15) is 4.39 Å². The van der Waals surface area contributed by atoms with Crippen LogP contribution in [0.15, 0.2) is 29.0 Å². The lowest BCUT2D eigenvalue weighted by molar-refractivity contribution is 0.284. The van der Waals surface area contributed by atoms with E-state index in [1.807, 2.05) is 25.3 Å². The van der Waals surface area contributed by atoms with Crippen LogP contribution in [0, 0.1) is 5.82 Å². The first kappa shape index (κ1) is 13.9. The second-order valence-corrected chi connectivity index (χ2v) is 6.48. The Morgan fingerprint density at radius 2 is 2.09 bits per heavy atom. The van der Waals surface area contributed by atoms with Gasteiger partial charge in [0, 0.05) is 11.5 Å². The topological polar surface area (TPSA) is 66.0 Å². The molecule has 6 nitrogen and oxygen atoms in total. The predicted molar refractivity (Wildman–Crippen MR) is 79.8 cm³/mol. The average molecular weight is 314 g/mol. The highest BCUT2D eigenvalue weighted by molar-refractivity contribution is 5.58. The van der Waals surface area contributed by atoms with Crippen LogP contribution in [0.4, 0.5) is 4.39 Å². The third kappa shape index (κ3) is 2.19. The molecular weight excluding hydrogens is 299 g/mol. The van der Waals surface area contributed by atoms with Gasteiger partial charge in [-0.05, 0) is 12.1 Å². The number of imidazole rings is 1. The fourth-order valence-corrected chi connectivity index (χ4v) is 2.48. The molecule has 0 atom stereocenters. The molecule has 0 unspecified atom stereocenters. The summed E-state index contributed by atoms with van der Waals surface area (Å²) >= 11 is 0. The van der Waals surface area contributed by atoms with Gasteiger partial charge in [-0.3, -0.25) is 4.57 Å². The molecule has 0 saturated carbocycles. The first-order chi connectivity index (χ1) is 10.9. The summed E-state index contributed by atoms with van der Waals surface area (Å²) in [5, 5.41) is 4.03. The van der Waals surface area contributed by atoms with E-state index < -0.39 is 0 Å². The maximum Gasteiger partial charge on any atom is 0.232 e. The van der Waals surface area contributed by atoms with E-state index >= 15 is 0 Å². The molecule has 118 valence electrons. The first-order valence-corrected chi connectivity index (χ1v) is 7.27. The van der Waals surface area contributed by atoms with Gasteiger partial charge < -0.3 is 9.26 Å². The summed E-state index contributed by atoms with van der Waals surface area (Å²) in [7, 11) is 0. The van der Waals surface area contributed by atoms with Gasteiger partial charge in [-0.2, -0.15) is 4.98 Å². The van der Waals surface area contributed by atoms with Gasteiger partial charge in [0.25, 0.3) is 0 Å². The van der Waals surface area contributed by atoms with Crippen LogP contribution in [0.25, 0.3) is 17.2 Å². The van der Waals surface area contributed by atoms with Gasteiger partial charge in [-0.25, -0.2) is 9.37 Å². The number of ether oxygens (including phenoxy) is 1. The molecule has 0 fully saturated rings. The van der Waals surface area contributed by atoms with E-state index in [1.165, 1.54) is 12.1 Å². The van der Waals surface area contributed by atoms with E-state index in [0.29, 0.717) is 23.2 Å². The first-order valence-electron chi connectivity index (χ1n) is 7.27. The van der Waals surface area contributed by atoms with E-state index in [2.05, 4.69) is 15.1 Å². The minimum Gasteiger partial charge on any atom is -0.485 e. The maximum atomic E-state index is 13.3. The summed E-state index contributed by atoms with van der Waals surface area (Å²) in [5.41, 5.74) is 1.93. The van der Waals surface area contributed by atoms with Gasteiger partial charge in [0.1, 0.15) is 30.2 Å². The minimum absolute atomic E-state index is 0.230. The summed E-state index contributed by atoms with van der Waals surface area (Å²) in [4.78, 5) is 8.82. The number of hydrogen-bond donors (Lipinski definition) is 0. The van der Waals surface area contributed by atoms with Crippen molar-refractivity contribution in [3.05, 3.63) is 41.9 Å². The minimum atomic E-state index is -0.333. The zero-order chi connectivity index (χ0) is 16.2. The van der Waals surface area contributed by atoms with E-state index in [-0.39, 0.29) is 17.8 Å². The molecule has 4 rings (SSSR count). The monoisotopic (exact) mass is 314 g/mol. The summed E-state index contributed by atoms with van der Waals surface area (Å²) < 4.78 is 26.1. The van der Waals surface area contributed by atoms with Crippen molar-refractivity contribution in [1.29, 1.82) is 0 Å². The Hall–Kier alpha value is -2.70. The molecule has 1 aliphatic heterocycles. The van der Waals surface area contributed by atoms with Gasteiger partial charge in [0.15, 0.2) is 0 Å². The largest absolute Gasteiger partial charge is 0.485 e. The van der Waals surface area contributed by atoms with Gasteiger partial charge in [0.2, 0.25) is 11.7 Å². The van der Waals surface area contributed by atoms with Crippen LogP contribution in [-0.4, -0.2) is 19.7 Å². The SMILES string of the molecule is CC(C)(C)c1nc(-c2ncn3c2COc2cc(F)ccc2-3)no1.